The van der Waals surface area contributed by atoms with Gasteiger partial charge in [-0.25, -0.2) is 18.2 Å². The number of hydrogen-bond acceptors (Lipinski definition) is 9. The molecule has 2 aliphatic heterocycles. The van der Waals surface area contributed by atoms with E-state index in [1.54, 1.807) is 25.3 Å². The van der Waals surface area contributed by atoms with E-state index >= 15 is 0 Å². The topological polar surface area (TPSA) is 123 Å². The molecule has 0 aliphatic carbocycles. The van der Waals surface area contributed by atoms with E-state index in [-0.39, 0.29) is 27.2 Å². The van der Waals surface area contributed by atoms with Crippen LogP contribution >= 0.6 is 11.8 Å². The Hall–Kier alpha value is -3.15. The highest BCUT2D eigenvalue weighted by Gasteiger charge is 2.66. The van der Waals surface area contributed by atoms with Crippen molar-refractivity contribution in [2.45, 2.75) is 94.6 Å². The molecular weight excluding hydrogens is 601 g/mol. The number of ether oxygens (including phenoxy) is 2. The van der Waals surface area contributed by atoms with Gasteiger partial charge in [-0.15, -0.1) is 11.8 Å². The Bertz CT molecular complexity index is 1610. The standard InChI is InChI=1S/C33H42N2O7S2/c1-19-11-13-23(14-12-19)44(39,40)21(3)42-28(37)26-20(2)18-43-30-33(41-10,29(38)35(26)30)34-17-22-15-24(31(4,5)6)27(36)25(16-22)32(7,8)9/h11-17,21,30,36H,18H2,1-10H3/t21?,30-,33+/m1/s1. The first-order valence-electron chi connectivity index (χ1n) is 14.4. The van der Waals surface area contributed by atoms with Crippen molar-refractivity contribution >= 4 is 39.7 Å². The number of fused-ring (bicyclic) bond motifs is 1. The fourth-order valence-electron chi connectivity index (χ4n) is 5.24. The highest BCUT2D eigenvalue weighted by Crippen LogP contribution is 2.49. The summed E-state index contributed by atoms with van der Waals surface area (Å²) in [6.45, 7) is 16.9. The Morgan fingerprint density at radius 2 is 1.64 bits per heavy atom. The summed E-state index contributed by atoms with van der Waals surface area (Å²) >= 11 is 1.39. The van der Waals surface area contributed by atoms with Crippen LogP contribution in [-0.4, -0.2) is 65.9 Å². The predicted octanol–water partition coefficient (Wildman–Crippen LogP) is 5.61. The van der Waals surface area contributed by atoms with Crippen LogP contribution in [0.3, 0.4) is 0 Å². The number of phenolic OH excluding ortho intramolecular Hbond substituents is 1. The number of rotatable bonds is 7. The van der Waals surface area contributed by atoms with Crippen molar-refractivity contribution in [2.24, 2.45) is 4.99 Å². The fraction of sp³-hybridized carbons (Fsp3) is 0.485. The van der Waals surface area contributed by atoms with E-state index in [1.807, 2.05) is 60.6 Å². The lowest BCUT2D eigenvalue weighted by Crippen LogP contribution is -2.73. The highest BCUT2D eigenvalue weighted by atomic mass is 32.2. The summed E-state index contributed by atoms with van der Waals surface area (Å²) in [7, 11) is -2.58. The number of aliphatic imine (C=N–C) groups is 1. The lowest BCUT2D eigenvalue weighted by atomic mass is 9.78. The molecule has 0 radical (unpaired) electrons. The van der Waals surface area contributed by atoms with E-state index in [0.717, 1.165) is 16.7 Å². The number of carbonyl (C=O) groups excluding carboxylic acids is 2. The molecule has 0 saturated carbocycles. The molecule has 2 aromatic rings. The Balaban J connectivity index is 1.63. The minimum Gasteiger partial charge on any atom is -0.507 e. The Kier molecular flexibility index (Phi) is 8.93. The molecule has 2 heterocycles. The van der Waals surface area contributed by atoms with Gasteiger partial charge in [-0.3, -0.25) is 9.69 Å². The smallest absolute Gasteiger partial charge is 0.356 e. The molecular formula is C33H42N2O7S2. The van der Waals surface area contributed by atoms with Crippen molar-refractivity contribution in [2.75, 3.05) is 12.9 Å². The minimum absolute atomic E-state index is 0.00209. The van der Waals surface area contributed by atoms with Crippen molar-refractivity contribution in [1.82, 2.24) is 4.90 Å². The number of hydrogen-bond donors (Lipinski definition) is 1. The number of sulfone groups is 1. The van der Waals surface area contributed by atoms with Crippen LogP contribution in [0.2, 0.25) is 0 Å². The van der Waals surface area contributed by atoms with Crippen LogP contribution in [0.15, 0.2) is 57.6 Å². The average Bonchev–Trinajstić information content (AvgIpc) is 2.92. The number of nitrogens with zero attached hydrogens (tertiary/aromatic N) is 2. The highest BCUT2D eigenvalue weighted by molar-refractivity contribution is 8.00. The number of β-lactam (4-membered cyclic amide) rings is 1. The van der Waals surface area contributed by atoms with E-state index in [0.29, 0.717) is 16.9 Å². The van der Waals surface area contributed by atoms with Crippen LogP contribution in [0, 0.1) is 6.92 Å². The summed E-state index contributed by atoms with van der Waals surface area (Å²) in [5, 5.41) is 10.4. The fourth-order valence-corrected chi connectivity index (χ4v) is 7.74. The molecule has 0 aromatic heterocycles. The largest absolute Gasteiger partial charge is 0.507 e. The average molecular weight is 643 g/mol. The van der Waals surface area contributed by atoms with Crippen LogP contribution < -0.4 is 0 Å². The van der Waals surface area contributed by atoms with Gasteiger partial charge in [0.2, 0.25) is 15.3 Å². The number of carbonyl (C=O) groups is 2. The maximum absolute atomic E-state index is 13.7. The van der Waals surface area contributed by atoms with Gasteiger partial charge >= 0.3 is 5.97 Å². The zero-order chi connectivity index (χ0) is 33.0. The summed E-state index contributed by atoms with van der Waals surface area (Å²) in [6.07, 6.45) is 1.57. The molecule has 3 atom stereocenters. The minimum atomic E-state index is -3.97. The zero-order valence-corrected chi connectivity index (χ0v) is 28.6. The molecule has 1 saturated heterocycles. The van der Waals surface area contributed by atoms with Gasteiger partial charge in [-0.2, -0.15) is 0 Å². The van der Waals surface area contributed by atoms with Gasteiger partial charge in [-0.05, 0) is 67.0 Å². The van der Waals surface area contributed by atoms with Gasteiger partial charge in [0, 0.05) is 30.2 Å². The van der Waals surface area contributed by atoms with Gasteiger partial charge < -0.3 is 14.6 Å². The summed E-state index contributed by atoms with van der Waals surface area (Å²) in [4.78, 5) is 33.1. The van der Waals surface area contributed by atoms with Gasteiger partial charge in [0.05, 0.1) is 4.90 Å². The first kappa shape index (κ1) is 33.7. The lowest BCUT2D eigenvalue weighted by Gasteiger charge is -2.53. The molecule has 0 spiro atoms. The number of thioether (sulfide) groups is 1. The van der Waals surface area contributed by atoms with Crippen LogP contribution in [0.4, 0.5) is 0 Å². The Morgan fingerprint density at radius 3 is 2.14 bits per heavy atom. The predicted molar refractivity (Wildman–Crippen MR) is 173 cm³/mol. The number of aryl methyl sites for hydroxylation is 1. The van der Waals surface area contributed by atoms with E-state index in [4.69, 9.17) is 9.47 Å². The lowest BCUT2D eigenvalue weighted by molar-refractivity contribution is -0.182. The first-order valence-corrected chi connectivity index (χ1v) is 17.0. The SMILES string of the molecule is CO[C@@]1(N=Cc2cc(C(C)(C)C)c(O)c(C(C)(C)C)c2)C(=O)N2C(C(=O)OC(C)S(=O)(=O)c3ccc(C)cc3)=C(C)CS[C@@H]21. The maximum Gasteiger partial charge on any atom is 0.356 e. The number of methoxy groups -OCH3 is 1. The molecule has 1 unspecified atom stereocenters. The molecule has 238 valence electrons. The molecule has 4 rings (SSSR count). The van der Waals surface area contributed by atoms with Gasteiger partial charge in [0.15, 0.2) is 0 Å². The van der Waals surface area contributed by atoms with Gasteiger partial charge in [0.25, 0.3) is 11.6 Å². The van der Waals surface area contributed by atoms with Gasteiger partial charge in [0.1, 0.15) is 16.8 Å². The third-order valence-corrected chi connectivity index (χ3v) is 11.3. The second-order valence-corrected chi connectivity index (χ2v) is 16.7. The normalized spacial score (nSPS) is 21.7. The molecule has 2 aromatic carbocycles. The molecule has 1 amide bonds. The van der Waals surface area contributed by atoms with E-state index in [1.165, 1.54) is 42.8 Å². The number of phenols is 1. The second kappa shape index (κ2) is 11.7. The zero-order valence-electron chi connectivity index (χ0n) is 27.0. The molecule has 1 N–H and O–H groups in total. The molecule has 0 bridgehead atoms. The quantitative estimate of drug-likeness (QED) is 0.235. The molecule has 1 fully saturated rings. The van der Waals surface area contributed by atoms with Gasteiger partial charge in [-0.1, -0.05) is 59.2 Å². The molecule has 2 aliphatic rings. The number of aromatic hydroxyl groups is 1. The Morgan fingerprint density at radius 1 is 1.09 bits per heavy atom. The van der Waals surface area contributed by atoms with E-state index < -0.39 is 38.2 Å². The van der Waals surface area contributed by atoms with Crippen LogP contribution in [0.5, 0.6) is 5.75 Å². The Labute approximate surface area is 264 Å². The molecule has 9 nitrogen and oxygen atoms in total. The summed E-state index contributed by atoms with van der Waals surface area (Å²) in [5.74, 6) is -0.833. The van der Waals surface area contributed by atoms with Crippen molar-refractivity contribution in [3.63, 3.8) is 0 Å². The number of benzene rings is 2. The van der Waals surface area contributed by atoms with Crippen molar-refractivity contribution in [3.8, 4) is 5.75 Å². The summed E-state index contributed by atoms with van der Waals surface area (Å²) in [6, 6.07) is 10.0. The number of esters is 1. The first-order chi connectivity index (χ1) is 20.3. The van der Waals surface area contributed by atoms with Crippen LogP contribution in [0.1, 0.15) is 77.6 Å². The molecule has 11 heteroatoms. The number of amides is 1. The third-order valence-electron chi connectivity index (χ3n) is 7.92. The van der Waals surface area contributed by atoms with Crippen molar-refractivity contribution in [3.05, 3.63) is 69.9 Å². The van der Waals surface area contributed by atoms with Crippen LogP contribution in [-0.2, 0) is 39.7 Å². The van der Waals surface area contributed by atoms with Crippen molar-refractivity contribution < 1.29 is 32.6 Å². The monoisotopic (exact) mass is 642 g/mol. The summed E-state index contributed by atoms with van der Waals surface area (Å²) < 4.78 is 37.4. The second-order valence-electron chi connectivity index (χ2n) is 13.4. The van der Waals surface area contributed by atoms with Crippen molar-refractivity contribution in [1.29, 1.82) is 0 Å². The van der Waals surface area contributed by atoms with E-state index in [2.05, 4.69) is 4.99 Å². The van der Waals surface area contributed by atoms with E-state index in [9.17, 15) is 23.1 Å². The maximum atomic E-state index is 13.7. The molecule has 44 heavy (non-hydrogen) atoms. The summed E-state index contributed by atoms with van der Waals surface area (Å²) in [5.41, 5.74) is -0.0847. The third kappa shape index (κ3) is 5.93. The van der Waals surface area contributed by atoms with Crippen LogP contribution in [0.25, 0.3) is 0 Å².